The molecule has 0 aliphatic heterocycles. The number of esters is 1. The molecule has 2 aromatic carbocycles. The molecular weight excluding hydrogens is 484 g/mol. The molecule has 0 aliphatic carbocycles. The van der Waals surface area contributed by atoms with E-state index in [1.54, 1.807) is 13.0 Å². The lowest BCUT2D eigenvalue weighted by molar-refractivity contribution is -0.384. The summed E-state index contributed by atoms with van der Waals surface area (Å²) in [5.74, 6) is -0.999. The number of nitro benzene ring substituents is 1. The number of hydrogen-bond acceptors (Lipinski definition) is 8. The Morgan fingerprint density at radius 2 is 2.03 bits per heavy atom. The zero-order chi connectivity index (χ0) is 23.4. The van der Waals surface area contributed by atoms with Gasteiger partial charge in [0.25, 0.3) is 5.69 Å². The highest BCUT2D eigenvalue weighted by atomic mass is 79.9. The molecule has 11 heteroatoms. The van der Waals surface area contributed by atoms with E-state index in [9.17, 15) is 19.7 Å². The Hall–Kier alpha value is -4.04. The molecule has 0 fully saturated rings. The molecule has 10 nitrogen and oxygen atoms in total. The van der Waals surface area contributed by atoms with Crippen LogP contribution in [0.5, 0.6) is 11.5 Å². The molecule has 3 rings (SSSR count). The van der Waals surface area contributed by atoms with Crippen molar-refractivity contribution in [3.63, 3.8) is 0 Å². The Bertz CT molecular complexity index is 1330. The molecule has 0 N–H and O–H groups in total. The SMILES string of the molecule is CCOc1cc(C#N)cc(Br)c1OC(=O)c1nn(-c2ccccc2[N+](=O)[O-])c(C)cc1=O. The molecule has 0 bridgehead atoms. The lowest BCUT2D eigenvalue weighted by Gasteiger charge is -2.14. The highest BCUT2D eigenvalue weighted by molar-refractivity contribution is 9.10. The van der Waals surface area contributed by atoms with Gasteiger partial charge in [-0.15, -0.1) is 0 Å². The van der Waals surface area contributed by atoms with Crippen LogP contribution in [0.2, 0.25) is 0 Å². The molecule has 0 saturated carbocycles. The number of ether oxygens (including phenoxy) is 2. The fourth-order valence-corrected chi connectivity index (χ4v) is 3.39. The first-order valence-corrected chi connectivity index (χ1v) is 9.99. The number of nitro groups is 1. The van der Waals surface area contributed by atoms with Crippen molar-refractivity contribution in [2.45, 2.75) is 13.8 Å². The minimum atomic E-state index is -1.09. The number of carbonyl (C=O) groups excluding carboxylic acids is 1. The first kappa shape index (κ1) is 22.6. The van der Waals surface area contributed by atoms with Gasteiger partial charge in [0, 0.05) is 23.9 Å². The van der Waals surface area contributed by atoms with Crippen molar-refractivity contribution in [2.24, 2.45) is 0 Å². The lowest BCUT2D eigenvalue weighted by Crippen LogP contribution is -2.26. The highest BCUT2D eigenvalue weighted by Gasteiger charge is 2.23. The van der Waals surface area contributed by atoms with E-state index in [2.05, 4.69) is 21.0 Å². The van der Waals surface area contributed by atoms with Gasteiger partial charge in [-0.1, -0.05) is 12.1 Å². The number of halogens is 1. The predicted octanol–water partition coefficient (Wildman–Crippen LogP) is 3.70. The van der Waals surface area contributed by atoms with E-state index in [0.29, 0.717) is 0 Å². The van der Waals surface area contributed by atoms with Crippen LogP contribution in [0.3, 0.4) is 0 Å². The minimum absolute atomic E-state index is 0.0325. The number of rotatable bonds is 6. The van der Waals surface area contributed by atoms with Gasteiger partial charge in [0.1, 0.15) is 5.69 Å². The van der Waals surface area contributed by atoms with Gasteiger partial charge < -0.3 is 9.47 Å². The fourth-order valence-electron chi connectivity index (χ4n) is 2.87. The summed E-state index contributed by atoms with van der Waals surface area (Å²) in [7, 11) is 0. The van der Waals surface area contributed by atoms with Gasteiger partial charge in [-0.2, -0.15) is 10.4 Å². The largest absolute Gasteiger partial charge is 0.490 e. The summed E-state index contributed by atoms with van der Waals surface area (Å²) >= 11 is 3.23. The smallest absolute Gasteiger partial charge is 0.368 e. The van der Waals surface area contributed by atoms with Crippen molar-refractivity contribution >= 4 is 27.6 Å². The van der Waals surface area contributed by atoms with Crippen LogP contribution >= 0.6 is 15.9 Å². The Kier molecular flexibility index (Phi) is 6.65. The van der Waals surface area contributed by atoms with E-state index >= 15 is 0 Å². The molecule has 0 aliphatic rings. The van der Waals surface area contributed by atoms with Gasteiger partial charge in [-0.05, 0) is 41.9 Å². The number of nitrogens with zero attached hydrogens (tertiary/aromatic N) is 4. The van der Waals surface area contributed by atoms with Gasteiger partial charge >= 0.3 is 5.97 Å². The lowest BCUT2D eigenvalue weighted by atomic mass is 10.2. The monoisotopic (exact) mass is 498 g/mol. The van der Waals surface area contributed by atoms with Crippen LogP contribution in [0.1, 0.15) is 28.7 Å². The molecule has 0 spiro atoms. The number of hydrogen-bond donors (Lipinski definition) is 0. The van der Waals surface area contributed by atoms with Crippen LogP contribution in [0, 0.1) is 28.4 Å². The average molecular weight is 499 g/mol. The molecule has 1 aromatic heterocycles. The first-order valence-electron chi connectivity index (χ1n) is 9.20. The van der Waals surface area contributed by atoms with Crippen molar-refractivity contribution in [3.05, 3.63) is 84.2 Å². The quantitative estimate of drug-likeness (QED) is 0.217. The second-order valence-corrected chi connectivity index (χ2v) is 7.23. The fraction of sp³-hybridized carbons (Fsp3) is 0.143. The van der Waals surface area contributed by atoms with Crippen LogP contribution in [0.25, 0.3) is 5.69 Å². The van der Waals surface area contributed by atoms with Gasteiger partial charge in [0.2, 0.25) is 11.1 Å². The number of carbonyl (C=O) groups is 1. The normalized spacial score (nSPS) is 10.3. The Balaban J connectivity index is 2.08. The Morgan fingerprint density at radius 1 is 1.31 bits per heavy atom. The maximum absolute atomic E-state index is 12.8. The maximum Gasteiger partial charge on any atom is 0.368 e. The van der Waals surface area contributed by atoms with E-state index in [1.165, 1.54) is 37.3 Å². The van der Waals surface area contributed by atoms with Crippen molar-refractivity contribution in [2.75, 3.05) is 6.61 Å². The molecule has 3 aromatic rings. The third kappa shape index (κ3) is 4.50. The zero-order valence-electron chi connectivity index (χ0n) is 16.9. The third-order valence-corrected chi connectivity index (χ3v) is 4.83. The van der Waals surface area contributed by atoms with Crippen LogP contribution < -0.4 is 14.9 Å². The molecule has 0 saturated heterocycles. The number of para-hydroxylation sites is 2. The second-order valence-electron chi connectivity index (χ2n) is 6.38. The van der Waals surface area contributed by atoms with E-state index in [-0.39, 0.29) is 45.2 Å². The van der Waals surface area contributed by atoms with Crippen LogP contribution in [-0.4, -0.2) is 27.3 Å². The third-order valence-electron chi connectivity index (χ3n) is 4.24. The van der Waals surface area contributed by atoms with Crippen molar-refractivity contribution in [3.8, 4) is 23.3 Å². The molecule has 0 unspecified atom stereocenters. The number of aromatic nitrogens is 2. The van der Waals surface area contributed by atoms with Gasteiger partial charge in [-0.3, -0.25) is 14.9 Å². The average Bonchev–Trinajstić information content (AvgIpc) is 2.76. The van der Waals surface area contributed by atoms with Crippen LogP contribution in [-0.2, 0) is 0 Å². The molecule has 0 radical (unpaired) electrons. The first-order chi connectivity index (χ1) is 15.3. The zero-order valence-corrected chi connectivity index (χ0v) is 18.5. The van der Waals surface area contributed by atoms with Gasteiger partial charge in [0.05, 0.1) is 27.6 Å². The number of benzene rings is 2. The Morgan fingerprint density at radius 3 is 2.69 bits per heavy atom. The molecule has 1 heterocycles. The second kappa shape index (κ2) is 9.40. The molecule has 0 amide bonds. The molecular formula is C21H15BrN4O6. The van der Waals surface area contributed by atoms with Crippen molar-refractivity contribution in [1.29, 1.82) is 5.26 Å². The topological polar surface area (TPSA) is 137 Å². The van der Waals surface area contributed by atoms with Crippen molar-refractivity contribution in [1.82, 2.24) is 9.78 Å². The highest BCUT2D eigenvalue weighted by Crippen LogP contribution is 2.37. The van der Waals surface area contributed by atoms with Gasteiger partial charge in [0.15, 0.2) is 11.5 Å². The van der Waals surface area contributed by atoms with Crippen LogP contribution in [0.15, 0.2) is 51.7 Å². The standard InChI is InChI=1S/C21H15BrN4O6/c1-3-31-18-10-13(11-23)9-14(22)20(18)32-21(28)19-17(27)8-12(2)25(24-19)15-6-4-5-7-16(15)26(29)30/h4-10H,3H2,1-2H3. The summed E-state index contributed by atoms with van der Waals surface area (Å²) in [5.41, 5.74) is -0.904. The summed E-state index contributed by atoms with van der Waals surface area (Å²) in [6.45, 7) is 3.48. The van der Waals surface area contributed by atoms with E-state index in [0.717, 1.165) is 10.7 Å². The summed E-state index contributed by atoms with van der Waals surface area (Å²) in [4.78, 5) is 36.1. The number of nitriles is 1. The maximum atomic E-state index is 12.8. The summed E-state index contributed by atoms with van der Waals surface area (Å²) in [5, 5.41) is 24.6. The van der Waals surface area contributed by atoms with Crippen molar-refractivity contribution < 1.29 is 19.2 Å². The predicted molar refractivity (Wildman–Crippen MR) is 116 cm³/mol. The Labute approximate surface area is 189 Å². The summed E-state index contributed by atoms with van der Waals surface area (Å²) in [6.07, 6.45) is 0. The summed E-state index contributed by atoms with van der Waals surface area (Å²) in [6, 6.07) is 11.7. The van der Waals surface area contributed by atoms with E-state index in [1.807, 2.05) is 6.07 Å². The van der Waals surface area contributed by atoms with Gasteiger partial charge in [-0.25, -0.2) is 9.48 Å². The minimum Gasteiger partial charge on any atom is -0.490 e. The van der Waals surface area contributed by atoms with Crippen LogP contribution in [0.4, 0.5) is 5.69 Å². The molecule has 162 valence electrons. The molecule has 0 atom stereocenters. The summed E-state index contributed by atoms with van der Waals surface area (Å²) < 4.78 is 12.2. The molecule has 32 heavy (non-hydrogen) atoms. The number of aryl methyl sites for hydroxylation is 1. The van der Waals surface area contributed by atoms with E-state index in [4.69, 9.17) is 14.7 Å². The van der Waals surface area contributed by atoms with E-state index < -0.39 is 22.0 Å².